The topological polar surface area (TPSA) is 105 Å². The van der Waals surface area contributed by atoms with Crippen molar-refractivity contribution in [2.24, 2.45) is 5.92 Å². The molecule has 2 atom stereocenters. The van der Waals surface area contributed by atoms with Crippen LogP contribution in [0.15, 0.2) is 48.5 Å². The highest BCUT2D eigenvalue weighted by molar-refractivity contribution is 5.86. The number of hydrogen-bond acceptors (Lipinski definition) is 4. The first-order valence-electron chi connectivity index (χ1n) is 12.0. The summed E-state index contributed by atoms with van der Waals surface area (Å²) in [5.74, 6) is -1.17. The Kier molecular flexibility index (Phi) is 9.08. The third kappa shape index (κ3) is 6.37. The molecule has 0 fully saturated rings. The van der Waals surface area contributed by atoms with Crippen molar-refractivity contribution in [2.75, 3.05) is 13.2 Å². The van der Waals surface area contributed by atoms with E-state index >= 15 is 0 Å². The molecule has 0 saturated heterocycles. The minimum Gasteiger partial charge on any atom is -0.481 e. The normalized spacial score (nSPS) is 13.9. The average molecular weight is 467 g/mol. The van der Waals surface area contributed by atoms with Gasteiger partial charge in [-0.05, 0) is 41.0 Å². The molecule has 0 spiro atoms. The zero-order valence-corrected chi connectivity index (χ0v) is 19.9. The SMILES string of the molecule is CCC(C)C(NC(=O)OCC1c2ccccc2-c2ccccc21)C(=O)NCCCCCC(=O)O. The number of benzene rings is 2. The first-order valence-corrected chi connectivity index (χ1v) is 12.0. The maximum absolute atomic E-state index is 12.7. The summed E-state index contributed by atoms with van der Waals surface area (Å²) in [4.78, 5) is 36.0. The van der Waals surface area contributed by atoms with E-state index in [0.29, 0.717) is 19.4 Å². The summed E-state index contributed by atoms with van der Waals surface area (Å²) in [5.41, 5.74) is 4.59. The molecule has 2 unspecified atom stereocenters. The van der Waals surface area contributed by atoms with E-state index < -0.39 is 18.1 Å². The van der Waals surface area contributed by atoms with Crippen LogP contribution in [-0.2, 0) is 14.3 Å². The fourth-order valence-corrected chi connectivity index (χ4v) is 4.37. The molecule has 0 aromatic heterocycles. The highest BCUT2D eigenvalue weighted by atomic mass is 16.5. The van der Waals surface area contributed by atoms with Crippen molar-refractivity contribution in [3.05, 3.63) is 59.7 Å². The Morgan fingerprint density at radius 3 is 2.18 bits per heavy atom. The predicted molar refractivity (Wildman–Crippen MR) is 131 cm³/mol. The molecule has 0 aliphatic heterocycles. The first kappa shape index (κ1) is 25.3. The Labute approximate surface area is 200 Å². The Morgan fingerprint density at radius 2 is 1.59 bits per heavy atom. The van der Waals surface area contributed by atoms with Crippen molar-refractivity contribution in [1.29, 1.82) is 0 Å². The van der Waals surface area contributed by atoms with E-state index in [1.165, 1.54) is 0 Å². The van der Waals surface area contributed by atoms with E-state index in [-0.39, 0.29) is 30.8 Å². The number of carbonyl (C=O) groups is 3. The second kappa shape index (κ2) is 12.2. The number of amides is 2. The van der Waals surface area contributed by atoms with Crippen LogP contribution >= 0.6 is 0 Å². The van der Waals surface area contributed by atoms with Crippen molar-refractivity contribution in [2.45, 2.75) is 57.9 Å². The molecular weight excluding hydrogens is 432 g/mol. The quantitative estimate of drug-likeness (QED) is 0.393. The standard InChI is InChI=1S/C27H34N2O5/c1-3-18(2)25(26(32)28-16-10-4-5-15-24(30)31)29-27(33)34-17-23-21-13-8-6-11-19(21)20-12-7-9-14-22(20)23/h6-9,11-14,18,23,25H,3-5,10,15-17H2,1-2H3,(H,28,32)(H,29,33)(H,30,31). The van der Waals surface area contributed by atoms with Gasteiger partial charge < -0.3 is 20.5 Å². The summed E-state index contributed by atoms with van der Waals surface area (Å²) in [5, 5.41) is 14.3. The summed E-state index contributed by atoms with van der Waals surface area (Å²) < 4.78 is 5.61. The smallest absolute Gasteiger partial charge is 0.407 e. The molecule has 182 valence electrons. The van der Waals surface area contributed by atoms with E-state index in [9.17, 15) is 14.4 Å². The first-order chi connectivity index (χ1) is 16.4. The van der Waals surface area contributed by atoms with E-state index in [2.05, 4.69) is 34.9 Å². The number of unbranched alkanes of at least 4 members (excludes halogenated alkanes) is 2. The highest BCUT2D eigenvalue weighted by Gasteiger charge is 2.30. The number of carboxylic acids is 1. The number of alkyl carbamates (subject to hydrolysis) is 1. The number of nitrogens with one attached hydrogen (secondary N) is 2. The predicted octanol–water partition coefficient (Wildman–Crippen LogP) is 4.70. The lowest BCUT2D eigenvalue weighted by Crippen LogP contribution is -2.50. The van der Waals surface area contributed by atoms with Gasteiger partial charge in [0.25, 0.3) is 0 Å². The molecule has 0 bridgehead atoms. The molecule has 2 aromatic rings. The number of carbonyl (C=O) groups excluding carboxylic acids is 2. The molecule has 34 heavy (non-hydrogen) atoms. The summed E-state index contributed by atoms with van der Waals surface area (Å²) in [6.45, 7) is 4.52. The van der Waals surface area contributed by atoms with Gasteiger partial charge in [-0.25, -0.2) is 4.79 Å². The summed E-state index contributed by atoms with van der Waals surface area (Å²) in [6, 6.07) is 15.6. The molecule has 2 aromatic carbocycles. The van der Waals surface area contributed by atoms with Crippen molar-refractivity contribution in [3.8, 4) is 11.1 Å². The summed E-state index contributed by atoms with van der Waals surface area (Å²) in [6.07, 6.45) is 2.24. The van der Waals surface area contributed by atoms with Crippen molar-refractivity contribution in [3.63, 3.8) is 0 Å². The fraction of sp³-hybridized carbons (Fsp3) is 0.444. The Bertz CT molecular complexity index is 961. The number of aliphatic carboxylic acids is 1. The van der Waals surface area contributed by atoms with Gasteiger partial charge in [0.05, 0.1) is 0 Å². The van der Waals surface area contributed by atoms with Crippen molar-refractivity contribution in [1.82, 2.24) is 10.6 Å². The minimum atomic E-state index is -0.812. The maximum Gasteiger partial charge on any atom is 0.407 e. The second-order valence-corrected chi connectivity index (χ2v) is 8.83. The molecule has 0 radical (unpaired) electrons. The molecule has 7 heteroatoms. The van der Waals surface area contributed by atoms with Crippen LogP contribution in [0, 0.1) is 5.92 Å². The third-order valence-corrected chi connectivity index (χ3v) is 6.48. The fourth-order valence-electron chi connectivity index (χ4n) is 4.37. The largest absolute Gasteiger partial charge is 0.481 e. The van der Waals surface area contributed by atoms with E-state index in [0.717, 1.165) is 35.1 Å². The van der Waals surface area contributed by atoms with Crippen molar-refractivity contribution >= 4 is 18.0 Å². The zero-order chi connectivity index (χ0) is 24.5. The van der Waals surface area contributed by atoms with Gasteiger partial charge >= 0.3 is 12.1 Å². The molecule has 1 aliphatic carbocycles. The average Bonchev–Trinajstić information content (AvgIpc) is 3.16. The molecule has 3 N–H and O–H groups in total. The minimum absolute atomic E-state index is 0.0418. The number of ether oxygens (including phenoxy) is 1. The maximum atomic E-state index is 12.7. The van der Waals surface area contributed by atoms with Crippen LogP contribution in [0.3, 0.4) is 0 Å². The van der Waals surface area contributed by atoms with Crippen LogP contribution in [0.1, 0.15) is 63.0 Å². The van der Waals surface area contributed by atoms with Gasteiger partial charge in [-0.1, -0.05) is 75.2 Å². The lowest BCUT2D eigenvalue weighted by Gasteiger charge is -2.24. The van der Waals surface area contributed by atoms with Gasteiger partial charge in [-0.15, -0.1) is 0 Å². The Morgan fingerprint density at radius 1 is 0.971 bits per heavy atom. The van der Waals surface area contributed by atoms with Gasteiger partial charge in [-0.2, -0.15) is 0 Å². The van der Waals surface area contributed by atoms with Crippen LogP contribution < -0.4 is 10.6 Å². The third-order valence-electron chi connectivity index (χ3n) is 6.48. The van der Waals surface area contributed by atoms with Crippen LogP contribution in [0.5, 0.6) is 0 Å². The van der Waals surface area contributed by atoms with E-state index in [1.807, 2.05) is 38.1 Å². The molecule has 7 nitrogen and oxygen atoms in total. The Hall–Kier alpha value is -3.35. The molecular formula is C27H34N2O5. The Balaban J connectivity index is 1.54. The van der Waals surface area contributed by atoms with Crippen LogP contribution in [-0.4, -0.2) is 42.3 Å². The van der Waals surface area contributed by atoms with Crippen LogP contribution in [0.2, 0.25) is 0 Å². The van der Waals surface area contributed by atoms with Crippen LogP contribution in [0.4, 0.5) is 4.79 Å². The molecule has 3 rings (SSSR count). The van der Waals surface area contributed by atoms with Crippen LogP contribution in [0.25, 0.3) is 11.1 Å². The monoisotopic (exact) mass is 466 g/mol. The highest BCUT2D eigenvalue weighted by Crippen LogP contribution is 2.44. The van der Waals surface area contributed by atoms with Crippen molar-refractivity contribution < 1.29 is 24.2 Å². The van der Waals surface area contributed by atoms with E-state index in [1.54, 1.807) is 0 Å². The number of rotatable bonds is 12. The molecule has 2 amide bonds. The second-order valence-electron chi connectivity index (χ2n) is 8.83. The molecule has 0 saturated carbocycles. The van der Waals surface area contributed by atoms with Gasteiger partial charge in [0.15, 0.2) is 0 Å². The summed E-state index contributed by atoms with van der Waals surface area (Å²) >= 11 is 0. The number of fused-ring (bicyclic) bond motifs is 3. The lowest BCUT2D eigenvalue weighted by molar-refractivity contribution is -0.137. The van der Waals surface area contributed by atoms with Gasteiger partial charge in [-0.3, -0.25) is 9.59 Å². The van der Waals surface area contributed by atoms with Gasteiger partial charge in [0.2, 0.25) is 5.91 Å². The summed E-state index contributed by atoms with van der Waals surface area (Å²) in [7, 11) is 0. The lowest BCUT2D eigenvalue weighted by atomic mass is 9.98. The zero-order valence-electron chi connectivity index (χ0n) is 19.9. The molecule has 0 heterocycles. The van der Waals surface area contributed by atoms with Gasteiger partial charge in [0.1, 0.15) is 12.6 Å². The number of hydrogen-bond donors (Lipinski definition) is 3. The molecule has 1 aliphatic rings. The van der Waals surface area contributed by atoms with E-state index in [4.69, 9.17) is 9.84 Å². The number of carboxylic acid groups (broad SMARTS) is 1. The van der Waals surface area contributed by atoms with Gasteiger partial charge in [0, 0.05) is 18.9 Å².